The molecule has 1 fully saturated rings. The van der Waals surface area contributed by atoms with Crippen LogP contribution in [0.15, 0.2) is 122 Å². The molecule has 0 N–H and O–H groups in total. The van der Waals surface area contributed by atoms with Crippen molar-refractivity contribution in [3.63, 3.8) is 0 Å². The molecule has 5 rings (SSSR count). The van der Waals surface area contributed by atoms with Gasteiger partial charge in [0.1, 0.15) is 0 Å². The minimum absolute atomic E-state index is 0.532. The number of aromatic nitrogens is 3. The molecule has 0 aliphatic heterocycles. The summed E-state index contributed by atoms with van der Waals surface area (Å²) in [6.07, 6.45) is 14.6. The summed E-state index contributed by atoms with van der Waals surface area (Å²) in [5.74, 6) is 1.71. The zero-order valence-electron chi connectivity index (χ0n) is 26.0. The van der Waals surface area contributed by atoms with E-state index in [0.717, 1.165) is 44.4 Å². The van der Waals surface area contributed by atoms with Gasteiger partial charge >= 0.3 is 241 Å². The van der Waals surface area contributed by atoms with Crippen LogP contribution in [0, 0.1) is 17.8 Å². The SMILES string of the molecule is C=C[C@@H]1CC(/C=C/CC)CC1COCc1cn(CC[PH](c2ccccc2)(c2ccccc2)c2ccccc2)n[n+]1CCC. The maximum absolute atomic E-state index is 6.40. The van der Waals surface area contributed by atoms with E-state index in [1.165, 1.54) is 28.8 Å². The van der Waals surface area contributed by atoms with E-state index in [2.05, 4.69) is 145 Å². The number of allylic oxidation sites excluding steroid dienone is 3. The molecule has 1 saturated carbocycles. The molecule has 0 bridgehead atoms. The second-order valence-electron chi connectivity index (χ2n) is 12.0. The van der Waals surface area contributed by atoms with Gasteiger partial charge in [-0.2, -0.15) is 0 Å². The Morgan fingerprint density at radius 1 is 0.907 bits per heavy atom. The third-order valence-electron chi connectivity index (χ3n) is 9.12. The van der Waals surface area contributed by atoms with Crippen molar-refractivity contribution in [2.24, 2.45) is 17.8 Å². The summed E-state index contributed by atoms with van der Waals surface area (Å²) in [6.45, 7) is 11.7. The van der Waals surface area contributed by atoms with Gasteiger partial charge in [0, 0.05) is 0 Å². The molecular weight excluding hydrogens is 545 g/mol. The molecule has 3 atom stereocenters. The fraction of sp³-hybridized carbons (Fsp3) is 0.368. The predicted octanol–water partition coefficient (Wildman–Crippen LogP) is 6.62. The van der Waals surface area contributed by atoms with Gasteiger partial charge in [0.05, 0.1) is 0 Å². The van der Waals surface area contributed by atoms with Gasteiger partial charge in [-0.1, -0.05) is 13.0 Å². The zero-order chi connectivity index (χ0) is 29.9. The van der Waals surface area contributed by atoms with Crippen LogP contribution >= 0.6 is 7.26 Å². The predicted molar refractivity (Wildman–Crippen MR) is 183 cm³/mol. The molecule has 1 aliphatic rings. The van der Waals surface area contributed by atoms with Gasteiger partial charge in [-0.3, -0.25) is 0 Å². The first-order chi connectivity index (χ1) is 21.2. The Balaban J connectivity index is 1.36. The first-order valence-corrected chi connectivity index (χ1v) is 18.4. The van der Waals surface area contributed by atoms with Crippen LogP contribution in [-0.2, 0) is 24.4 Å². The number of nitrogens with zero attached hydrogens (tertiary/aromatic N) is 3. The van der Waals surface area contributed by atoms with Gasteiger partial charge in [-0.15, -0.1) is 0 Å². The summed E-state index contributed by atoms with van der Waals surface area (Å²) in [7, 11) is -2.32. The second kappa shape index (κ2) is 15.4. The van der Waals surface area contributed by atoms with Crippen molar-refractivity contribution >= 4 is 23.2 Å². The van der Waals surface area contributed by atoms with Gasteiger partial charge in [-0.25, -0.2) is 0 Å². The molecule has 226 valence electrons. The van der Waals surface area contributed by atoms with Gasteiger partial charge in [-0.05, 0) is 6.42 Å². The molecule has 1 heterocycles. The molecule has 5 heteroatoms. The van der Waals surface area contributed by atoms with E-state index in [9.17, 15) is 0 Å². The molecule has 4 nitrogen and oxygen atoms in total. The van der Waals surface area contributed by atoms with E-state index in [0.29, 0.717) is 24.4 Å². The van der Waals surface area contributed by atoms with Crippen molar-refractivity contribution < 1.29 is 9.42 Å². The van der Waals surface area contributed by atoms with Crippen molar-refractivity contribution in [1.82, 2.24) is 9.90 Å². The first kappa shape index (κ1) is 31.1. The average Bonchev–Trinajstić information content (AvgIpc) is 3.65. The summed E-state index contributed by atoms with van der Waals surface area (Å²) in [4.78, 5) is 0. The van der Waals surface area contributed by atoms with Crippen LogP contribution in [0.3, 0.4) is 0 Å². The third-order valence-corrected chi connectivity index (χ3v) is 14.0. The maximum atomic E-state index is 6.40. The molecular formula is C38H49N3OP+. The summed E-state index contributed by atoms with van der Waals surface area (Å²) in [5.41, 5.74) is 1.16. The topological polar surface area (TPSA) is 30.9 Å². The van der Waals surface area contributed by atoms with E-state index >= 15 is 0 Å². The molecule has 0 saturated heterocycles. The molecule has 43 heavy (non-hydrogen) atoms. The Bertz CT molecular complexity index is 1340. The van der Waals surface area contributed by atoms with Crippen molar-refractivity contribution in [2.45, 2.75) is 59.2 Å². The summed E-state index contributed by atoms with van der Waals surface area (Å²) in [6, 6.07) is 33.4. The van der Waals surface area contributed by atoms with E-state index < -0.39 is 7.26 Å². The van der Waals surface area contributed by atoms with E-state index in [1.54, 1.807) is 0 Å². The number of hydrogen-bond donors (Lipinski definition) is 0. The fourth-order valence-electron chi connectivity index (χ4n) is 6.95. The molecule has 0 spiro atoms. The van der Waals surface area contributed by atoms with Crippen molar-refractivity contribution in [3.8, 4) is 0 Å². The standard InChI is InChI=1S/C38H49N3OP/c1-4-7-17-32-27-33(6-3)34(28-32)30-42-31-35-29-40(39-41(35)24-5-2)25-26-43(36-18-11-8-12-19-36,37-20-13-9-14-21-37)38-22-15-10-16-23-38/h6-23,29,32-34,43H,3-5,24-28,30-31H2,1-2H3/q+1/b17-7+/t32?,33-,34?/m1/s1. The van der Waals surface area contributed by atoms with Crippen LogP contribution in [-0.4, -0.2) is 22.7 Å². The fourth-order valence-corrected chi connectivity index (χ4v) is 11.7. The van der Waals surface area contributed by atoms with E-state index in [4.69, 9.17) is 9.95 Å². The summed E-state index contributed by atoms with van der Waals surface area (Å²) >= 11 is 0. The number of rotatable bonds is 15. The minimum atomic E-state index is -2.32. The summed E-state index contributed by atoms with van der Waals surface area (Å²) in [5, 5.41) is 9.37. The molecule has 0 radical (unpaired) electrons. The van der Waals surface area contributed by atoms with Gasteiger partial charge in [0.25, 0.3) is 0 Å². The molecule has 1 aromatic heterocycles. The Morgan fingerprint density at radius 3 is 2.05 bits per heavy atom. The van der Waals surface area contributed by atoms with Crippen molar-refractivity contribution in [2.75, 3.05) is 12.8 Å². The van der Waals surface area contributed by atoms with Gasteiger partial charge in [0.15, 0.2) is 0 Å². The van der Waals surface area contributed by atoms with Crippen LogP contribution in [0.1, 0.15) is 45.2 Å². The Hall–Kier alpha value is -3.33. The van der Waals surface area contributed by atoms with Gasteiger partial charge < -0.3 is 0 Å². The normalized spacial score (nSPS) is 19.2. The van der Waals surface area contributed by atoms with Gasteiger partial charge in [0.2, 0.25) is 0 Å². The van der Waals surface area contributed by atoms with Crippen LogP contribution in [0.5, 0.6) is 0 Å². The molecule has 4 aromatic rings. The number of ether oxygens (including phenoxy) is 1. The number of hydrogen-bond acceptors (Lipinski definition) is 2. The van der Waals surface area contributed by atoms with Crippen LogP contribution in [0.4, 0.5) is 0 Å². The molecule has 0 amide bonds. The molecule has 2 unspecified atom stereocenters. The van der Waals surface area contributed by atoms with E-state index in [-0.39, 0.29) is 0 Å². The number of aryl methyl sites for hydroxylation is 2. The Kier molecular flexibility index (Phi) is 11.1. The monoisotopic (exact) mass is 594 g/mol. The van der Waals surface area contributed by atoms with Crippen molar-refractivity contribution in [3.05, 3.63) is 128 Å². The zero-order valence-corrected chi connectivity index (χ0v) is 27.0. The van der Waals surface area contributed by atoms with Crippen LogP contribution in [0.2, 0.25) is 0 Å². The first-order valence-electron chi connectivity index (χ1n) is 16.2. The number of benzene rings is 3. The van der Waals surface area contributed by atoms with Crippen molar-refractivity contribution in [1.29, 1.82) is 0 Å². The summed E-state index contributed by atoms with van der Waals surface area (Å²) < 4.78 is 10.7. The Labute approximate surface area is 259 Å². The molecule has 3 aromatic carbocycles. The van der Waals surface area contributed by atoms with E-state index in [1.807, 2.05) is 0 Å². The Morgan fingerprint density at radius 2 is 1.51 bits per heavy atom. The second-order valence-corrected chi connectivity index (χ2v) is 16.0. The molecule has 1 aliphatic carbocycles. The quantitative estimate of drug-likeness (QED) is 0.0880. The van der Waals surface area contributed by atoms with Crippen LogP contribution in [0.25, 0.3) is 0 Å². The third kappa shape index (κ3) is 7.43. The average molecular weight is 595 g/mol. The van der Waals surface area contributed by atoms with Crippen LogP contribution < -0.4 is 20.6 Å².